The Balaban J connectivity index is 2.02. The van der Waals surface area contributed by atoms with E-state index in [4.69, 9.17) is 11.6 Å². The maximum atomic E-state index is 10.7. The number of anilines is 1. The summed E-state index contributed by atoms with van der Waals surface area (Å²) in [7, 11) is 0. The summed E-state index contributed by atoms with van der Waals surface area (Å²) < 4.78 is 0. The van der Waals surface area contributed by atoms with Gasteiger partial charge in [0, 0.05) is 6.54 Å². The van der Waals surface area contributed by atoms with Crippen LogP contribution in [0.2, 0.25) is 5.15 Å². The number of hydrogen-bond acceptors (Lipinski definition) is 4. The Labute approximate surface area is 111 Å². The van der Waals surface area contributed by atoms with Gasteiger partial charge in [-0.05, 0) is 18.3 Å². The molecule has 2 unspecified atom stereocenters. The van der Waals surface area contributed by atoms with Crippen LogP contribution in [0.4, 0.5) is 11.5 Å². The molecule has 6 heteroatoms. The maximum Gasteiger partial charge on any atom is 0.276 e. The van der Waals surface area contributed by atoms with Gasteiger partial charge in [0.1, 0.15) is 11.0 Å². The largest absolute Gasteiger partial charge is 0.370 e. The molecule has 1 heterocycles. The van der Waals surface area contributed by atoms with Gasteiger partial charge in [-0.3, -0.25) is 10.1 Å². The molecule has 0 spiro atoms. The molecule has 1 aromatic heterocycles. The SMILES string of the molecule is CC1CCCC1CNc1cc([N+](=O)[O-])cc(Cl)n1. The molecule has 2 rings (SSSR count). The predicted molar refractivity (Wildman–Crippen MR) is 70.9 cm³/mol. The van der Waals surface area contributed by atoms with E-state index >= 15 is 0 Å². The zero-order valence-electron chi connectivity index (χ0n) is 10.2. The maximum absolute atomic E-state index is 10.7. The molecular formula is C12H16ClN3O2. The van der Waals surface area contributed by atoms with E-state index in [1.165, 1.54) is 31.4 Å². The van der Waals surface area contributed by atoms with E-state index in [2.05, 4.69) is 17.2 Å². The molecular weight excluding hydrogens is 254 g/mol. The Kier molecular flexibility index (Phi) is 4.01. The lowest BCUT2D eigenvalue weighted by Gasteiger charge is -2.16. The summed E-state index contributed by atoms with van der Waals surface area (Å²) in [5.74, 6) is 1.80. The molecule has 0 aromatic carbocycles. The fraction of sp³-hybridized carbons (Fsp3) is 0.583. The summed E-state index contributed by atoms with van der Waals surface area (Å²) in [4.78, 5) is 14.3. The summed E-state index contributed by atoms with van der Waals surface area (Å²) in [6, 6.07) is 2.68. The minimum absolute atomic E-state index is 0.0306. The number of aromatic nitrogens is 1. The van der Waals surface area contributed by atoms with E-state index in [-0.39, 0.29) is 10.8 Å². The van der Waals surface area contributed by atoms with Crippen LogP contribution in [0.1, 0.15) is 26.2 Å². The van der Waals surface area contributed by atoms with Crippen molar-refractivity contribution in [3.8, 4) is 0 Å². The van der Waals surface area contributed by atoms with Crippen molar-refractivity contribution in [3.63, 3.8) is 0 Å². The van der Waals surface area contributed by atoms with Crippen LogP contribution in [0.5, 0.6) is 0 Å². The summed E-state index contributed by atoms with van der Waals surface area (Å²) >= 11 is 5.76. The van der Waals surface area contributed by atoms with Crippen LogP contribution in [0.3, 0.4) is 0 Å². The van der Waals surface area contributed by atoms with Crippen molar-refractivity contribution < 1.29 is 4.92 Å². The number of halogens is 1. The van der Waals surface area contributed by atoms with Gasteiger partial charge in [0.25, 0.3) is 5.69 Å². The molecule has 1 N–H and O–H groups in total. The van der Waals surface area contributed by atoms with Gasteiger partial charge in [-0.1, -0.05) is 31.4 Å². The molecule has 1 aliphatic rings. The predicted octanol–water partition coefficient (Wildman–Crippen LogP) is 3.49. The molecule has 1 aliphatic carbocycles. The highest BCUT2D eigenvalue weighted by molar-refractivity contribution is 6.29. The van der Waals surface area contributed by atoms with Crippen LogP contribution < -0.4 is 5.32 Å². The zero-order valence-corrected chi connectivity index (χ0v) is 11.0. The number of nitro groups is 1. The molecule has 1 saturated carbocycles. The third kappa shape index (κ3) is 3.10. The van der Waals surface area contributed by atoms with Crippen LogP contribution in [-0.2, 0) is 0 Å². The van der Waals surface area contributed by atoms with Gasteiger partial charge >= 0.3 is 0 Å². The van der Waals surface area contributed by atoms with E-state index in [9.17, 15) is 10.1 Å². The summed E-state index contributed by atoms with van der Waals surface area (Å²) in [6.45, 7) is 3.04. The Morgan fingerprint density at radius 3 is 2.94 bits per heavy atom. The number of hydrogen-bond donors (Lipinski definition) is 1. The lowest BCUT2D eigenvalue weighted by atomic mass is 9.98. The van der Waals surface area contributed by atoms with Crippen molar-refractivity contribution >= 4 is 23.1 Å². The van der Waals surface area contributed by atoms with E-state index in [1.54, 1.807) is 0 Å². The highest BCUT2D eigenvalue weighted by Crippen LogP contribution is 2.31. The van der Waals surface area contributed by atoms with Crippen LogP contribution in [-0.4, -0.2) is 16.5 Å². The quantitative estimate of drug-likeness (QED) is 0.516. The van der Waals surface area contributed by atoms with Gasteiger partial charge < -0.3 is 5.32 Å². The molecule has 0 amide bonds. The van der Waals surface area contributed by atoms with E-state index in [0.717, 1.165) is 6.54 Å². The van der Waals surface area contributed by atoms with Gasteiger partial charge in [-0.2, -0.15) is 0 Å². The molecule has 0 saturated heterocycles. The normalized spacial score (nSPS) is 23.0. The average Bonchev–Trinajstić information content (AvgIpc) is 2.71. The van der Waals surface area contributed by atoms with Crippen LogP contribution in [0.15, 0.2) is 12.1 Å². The molecule has 0 bridgehead atoms. The Bertz CT molecular complexity index is 453. The lowest BCUT2D eigenvalue weighted by Crippen LogP contribution is -2.17. The summed E-state index contributed by atoms with van der Waals surface area (Å²) in [5.41, 5.74) is -0.0306. The zero-order chi connectivity index (χ0) is 13.1. The van der Waals surface area contributed by atoms with Crippen molar-refractivity contribution in [2.45, 2.75) is 26.2 Å². The van der Waals surface area contributed by atoms with Crippen molar-refractivity contribution in [2.24, 2.45) is 11.8 Å². The third-order valence-electron chi connectivity index (χ3n) is 3.57. The molecule has 1 fully saturated rings. The fourth-order valence-electron chi connectivity index (χ4n) is 2.44. The van der Waals surface area contributed by atoms with Gasteiger partial charge in [0.2, 0.25) is 0 Å². The second-order valence-corrected chi connectivity index (χ2v) is 5.23. The van der Waals surface area contributed by atoms with E-state index in [1.807, 2.05) is 0 Å². The minimum atomic E-state index is -0.461. The van der Waals surface area contributed by atoms with Gasteiger partial charge in [-0.25, -0.2) is 4.98 Å². The standard InChI is InChI=1S/C12H16ClN3O2/c1-8-3-2-4-9(8)7-14-12-6-10(16(17)18)5-11(13)15-12/h5-6,8-9H,2-4,7H2,1H3,(H,14,15). The summed E-state index contributed by atoms with van der Waals surface area (Å²) in [5, 5.41) is 14.0. The first-order valence-corrected chi connectivity index (χ1v) is 6.50. The summed E-state index contributed by atoms with van der Waals surface area (Å²) in [6.07, 6.45) is 3.73. The molecule has 18 heavy (non-hydrogen) atoms. The first kappa shape index (κ1) is 13.1. The number of pyridine rings is 1. The van der Waals surface area contributed by atoms with Crippen LogP contribution >= 0.6 is 11.6 Å². The van der Waals surface area contributed by atoms with Gasteiger partial charge in [0.05, 0.1) is 17.1 Å². The highest BCUT2D eigenvalue weighted by Gasteiger charge is 2.23. The molecule has 0 aliphatic heterocycles. The Hall–Kier alpha value is -1.36. The van der Waals surface area contributed by atoms with Crippen molar-refractivity contribution in [1.29, 1.82) is 0 Å². The first-order valence-electron chi connectivity index (χ1n) is 6.12. The van der Waals surface area contributed by atoms with E-state index in [0.29, 0.717) is 17.7 Å². The monoisotopic (exact) mass is 269 g/mol. The Morgan fingerprint density at radius 1 is 1.56 bits per heavy atom. The molecule has 2 atom stereocenters. The first-order chi connectivity index (χ1) is 8.56. The number of nitrogens with zero attached hydrogens (tertiary/aromatic N) is 2. The average molecular weight is 270 g/mol. The number of nitrogens with one attached hydrogen (secondary N) is 1. The number of rotatable bonds is 4. The smallest absolute Gasteiger partial charge is 0.276 e. The van der Waals surface area contributed by atoms with Crippen LogP contribution in [0, 0.1) is 22.0 Å². The van der Waals surface area contributed by atoms with Crippen LogP contribution in [0.25, 0.3) is 0 Å². The van der Waals surface area contributed by atoms with E-state index < -0.39 is 4.92 Å². The third-order valence-corrected chi connectivity index (χ3v) is 3.77. The fourth-order valence-corrected chi connectivity index (χ4v) is 2.64. The molecule has 98 valence electrons. The second-order valence-electron chi connectivity index (χ2n) is 4.84. The molecule has 1 aromatic rings. The molecule has 5 nitrogen and oxygen atoms in total. The Morgan fingerprint density at radius 2 is 2.33 bits per heavy atom. The van der Waals surface area contributed by atoms with Crippen molar-refractivity contribution in [3.05, 3.63) is 27.4 Å². The lowest BCUT2D eigenvalue weighted by molar-refractivity contribution is -0.384. The highest BCUT2D eigenvalue weighted by atomic mass is 35.5. The molecule has 0 radical (unpaired) electrons. The second kappa shape index (κ2) is 5.52. The van der Waals surface area contributed by atoms with Crippen molar-refractivity contribution in [1.82, 2.24) is 4.98 Å². The van der Waals surface area contributed by atoms with Gasteiger partial charge in [-0.15, -0.1) is 0 Å². The van der Waals surface area contributed by atoms with Gasteiger partial charge in [0.15, 0.2) is 0 Å². The topological polar surface area (TPSA) is 68.1 Å². The minimum Gasteiger partial charge on any atom is -0.370 e. The van der Waals surface area contributed by atoms with Crippen molar-refractivity contribution in [2.75, 3.05) is 11.9 Å².